The van der Waals surface area contributed by atoms with E-state index in [0.717, 1.165) is 35.3 Å². The fraction of sp³-hybridized carbons (Fsp3) is 0.192. The molecule has 0 fully saturated rings. The summed E-state index contributed by atoms with van der Waals surface area (Å²) in [5.74, 6) is -0.282. The molecular formula is C26H27N4O2+. The SMILES string of the molecule is CCCNc1cnccc1-c1ccc(C(=O)[N+]2(C(=O)N(C)C)C=Cc3ccccc32)cc1. The zero-order valence-corrected chi connectivity index (χ0v) is 18.6. The van der Waals surface area contributed by atoms with Crippen LogP contribution < -0.4 is 9.80 Å². The number of hydrogen-bond donors (Lipinski definition) is 1. The van der Waals surface area contributed by atoms with Gasteiger partial charge in [0.25, 0.3) is 0 Å². The second-order valence-electron chi connectivity index (χ2n) is 8.00. The molecule has 1 unspecified atom stereocenters. The molecule has 1 atom stereocenters. The predicted octanol–water partition coefficient (Wildman–Crippen LogP) is 5.38. The van der Waals surface area contributed by atoms with E-state index in [-0.39, 0.29) is 11.9 Å². The van der Waals surface area contributed by atoms with Crippen molar-refractivity contribution in [3.05, 3.63) is 84.3 Å². The zero-order chi connectivity index (χ0) is 22.7. The Morgan fingerprint density at radius 3 is 2.50 bits per heavy atom. The summed E-state index contributed by atoms with van der Waals surface area (Å²) < 4.78 is -0.485. The van der Waals surface area contributed by atoms with Crippen LogP contribution in [0.4, 0.5) is 16.2 Å². The number of nitrogens with zero attached hydrogens (tertiary/aromatic N) is 3. The Hall–Kier alpha value is -3.77. The van der Waals surface area contributed by atoms with E-state index in [0.29, 0.717) is 11.3 Å². The molecular weight excluding hydrogens is 400 g/mol. The third kappa shape index (κ3) is 3.59. The van der Waals surface area contributed by atoms with E-state index in [4.69, 9.17) is 0 Å². The molecule has 2 aromatic carbocycles. The lowest BCUT2D eigenvalue weighted by molar-refractivity contribution is 0.0841. The number of pyridine rings is 1. The topological polar surface area (TPSA) is 62.3 Å². The largest absolute Gasteiger partial charge is 0.436 e. The van der Waals surface area contributed by atoms with Crippen molar-refractivity contribution >= 4 is 29.4 Å². The minimum absolute atomic E-state index is 0.282. The summed E-state index contributed by atoms with van der Waals surface area (Å²) in [4.78, 5) is 32.8. The van der Waals surface area contributed by atoms with Crippen LogP contribution >= 0.6 is 0 Å². The molecule has 0 bridgehead atoms. The average Bonchev–Trinajstić information content (AvgIpc) is 3.22. The van der Waals surface area contributed by atoms with Gasteiger partial charge in [0.05, 0.1) is 17.4 Å². The number of carbonyl (C=O) groups excluding carboxylic acids is 2. The zero-order valence-electron chi connectivity index (χ0n) is 18.6. The lowest BCUT2D eigenvalue weighted by atomic mass is 10.0. The first-order valence-corrected chi connectivity index (χ1v) is 10.7. The van der Waals surface area contributed by atoms with Crippen molar-refractivity contribution in [2.24, 2.45) is 0 Å². The van der Waals surface area contributed by atoms with Gasteiger partial charge >= 0.3 is 11.9 Å². The van der Waals surface area contributed by atoms with Gasteiger partial charge in [0.15, 0.2) is 5.69 Å². The van der Waals surface area contributed by atoms with E-state index >= 15 is 0 Å². The summed E-state index contributed by atoms with van der Waals surface area (Å²) in [7, 11) is 3.34. The van der Waals surface area contributed by atoms with Gasteiger partial charge in [-0.15, -0.1) is 4.48 Å². The molecule has 4 rings (SSSR count). The van der Waals surface area contributed by atoms with Crippen LogP contribution in [0.25, 0.3) is 17.2 Å². The van der Waals surface area contributed by atoms with Crippen LogP contribution in [0.3, 0.4) is 0 Å². The fourth-order valence-electron chi connectivity index (χ4n) is 4.01. The summed E-state index contributed by atoms with van der Waals surface area (Å²) in [5, 5.41) is 3.40. The van der Waals surface area contributed by atoms with Gasteiger partial charge < -0.3 is 5.32 Å². The number of nitrogens with one attached hydrogen (secondary N) is 1. The maximum absolute atomic E-state index is 13.8. The third-order valence-corrected chi connectivity index (χ3v) is 5.63. The first kappa shape index (κ1) is 21.5. The van der Waals surface area contributed by atoms with E-state index in [1.165, 1.54) is 4.90 Å². The minimum Gasteiger partial charge on any atom is -0.383 e. The van der Waals surface area contributed by atoms with Gasteiger partial charge in [0.1, 0.15) is 6.20 Å². The van der Waals surface area contributed by atoms with Crippen LogP contribution in [0, 0.1) is 0 Å². The number of carbonyl (C=O) groups is 2. The molecule has 6 heteroatoms. The number of quaternary nitrogens is 1. The molecule has 0 saturated heterocycles. The van der Waals surface area contributed by atoms with Crippen LogP contribution in [0.5, 0.6) is 0 Å². The normalized spacial score (nSPS) is 16.5. The van der Waals surface area contributed by atoms with Gasteiger partial charge in [-0.1, -0.05) is 31.2 Å². The van der Waals surface area contributed by atoms with Crippen molar-refractivity contribution in [1.29, 1.82) is 0 Å². The quantitative estimate of drug-likeness (QED) is 0.555. The Morgan fingerprint density at radius 2 is 1.78 bits per heavy atom. The van der Waals surface area contributed by atoms with Gasteiger partial charge in [-0.25, -0.2) is 9.59 Å². The Kier molecular flexibility index (Phi) is 5.88. The maximum Gasteiger partial charge on any atom is 0.436 e. The Labute approximate surface area is 188 Å². The minimum atomic E-state index is -0.485. The Morgan fingerprint density at radius 1 is 1.03 bits per heavy atom. The maximum atomic E-state index is 13.8. The van der Waals surface area contributed by atoms with Crippen LogP contribution in [-0.2, 0) is 0 Å². The molecule has 3 aromatic rings. The van der Waals surface area contributed by atoms with Crippen molar-refractivity contribution in [2.75, 3.05) is 26.0 Å². The van der Waals surface area contributed by atoms with Gasteiger partial charge in [-0.2, -0.15) is 0 Å². The van der Waals surface area contributed by atoms with Gasteiger partial charge in [-0.05, 0) is 36.2 Å². The standard InChI is InChI=1S/C26H26N4O2/c1-4-15-28-23-18-27-16-13-22(23)19-9-11-21(12-10-19)25(31)30(26(32)29(2)3)17-14-20-7-5-6-8-24(20)30/h5-14,16-18H,4,15H2,1-3H3/p+1. The number of anilines is 1. The van der Waals surface area contributed by atoms with Crippen LogP contribution in [0.1, 0.15) is 29.3 Å². The molecule has 32 heavy (non-hydrogen) atoms. The molecule has 0 aliphatic carbocycles. The van der Waals surface area contributed by atoms with Crippen LogP contribution in [-0.4, -0.2) is 42.5 Å². The molecule has 3 amide bonds. The number of benzene rings is 2. The van der Waals surface area contributed by atoms with E-state index in [1.54, 1.807) is 38.6 Å². The highest BCUT2D eigenvalue weighted by Crippen LogP contribution is 2.38. The smallest absolute Gasteiger partial charge is 0.383 e. The van der Waals surface area contributed by atoms with Crippen molar-refractivity contribution in [3.8, 4) is 11.1 Å². The molecule has 0 spiro atoms. The second-order valence-corrected chi connectivity index (χ2v) is 8.00. The number of amides is 3. The third-order valence-electron chi connectivity index (χ3n) is 5.63. The van der Waals surface area contributed by atoms with Crippen molar-refractivity contribution in [1.82, 2.24) is 14.4 Å². The van der Waals surface area contributed by atoms with Gasteiger partial charge in [0, 0.05) is 50.1 Å². The lowest BCUT2D eigenvalue weighted by Gasteiger charge is -2.29. The monoisotopic (exact) mass is 427 g/mol. The Bertz CT molecular complexity index is 1180. The highest BCUT2D eigenvalue weighted by Gasteiger charge is 2.51. The number of urea groups is 1. The molecule has 1 aliphatic rings. The number of imide groups is 1. The second kappa shape index (κ2) is 8.77. The number of para-hydroxylation sites is 1. The average molecular weight is 428 g/mol. The highest BCUT2D eigenvalue weighted by atomic mass is 16.2. The van der Waals surface area contributed by atoms with Gasteiger partial charge in [0.2, 0.25) is 0 Å². The number of rotatable bonds is 5. The van der Waals surface area contributed by atoms with Crippen LogP contribution in [0.15, 0.2) is 73.2 Å². The first-order chi connectivity index (χ1) is 15.5. The molecule has 6 nitrogen and oxygen atoms in total. The fourth-order valence-corrected chi connectivity index (χ4v) is 4.01. The van der Waals surface area contributed by atoms with E-state index < -0.39 is 4.48 Å². The van der Waals surface area contributed by atoms with Crippen molar-refractivity contribution in [3.63, 3.8) is 0 Å². The summed E-state index contributed by atoms with van der Waals surface area (Å²) in [5.41, 5.74) is 4.97. The van der Waals surface area contributed by atoms with Crippen molar-refractivity contribution in [2.45, 2.75) is 13.3 Å². The van der Waals surface area contributed by atoms with Gasteiger partial charge in [-0.3, -0.25) is 9.88 Å². The molecule has 0 saturated carbocycles. The molecule has 1 aliphatic heterocycles. The van der Waals surface area contributed by atoms with Crippen molar-refractivity contribution < 1.29 is 9.59 Å². The first-order valence-electron chi connectivity index (χ1n) is 10.7. The molecule has 1 aromatic heterocycles. The summed E-state index contributed by atoms with van der Waals surface area (Å²) >= 11 is 0. The molecule has 0 radical (unpaired) electrons. The predicted molar refractivity (Wildman–Crippen MR) is 129 cm³/mol. The highest BCUT2D eigenvalue weighted by molar-refractivity contribution is 6.19. The number of aromatic nitrogens is 1. The van der Waals surface area contributed by atoms with E-state index in [1.807, 2.05) is 54.7 Å². The summed E-state index contributed by atoms with van der Waals surface area (Å²) in [6.07, 6.45) is 8.10. The van der Waals surface area contributed by atoms with E-state index in [2.05, 4.69) is 17.2 Å². The summed E-state index contributed by atoms with van der Waals surface area (Å²) in [6, 6.07) is 16.6. The number of hydrogen-bond acceptors (Lipinski definition) is 4. The number of fused-ring (bicyclic) bond motifs is 1. The molecule has 162 valence electrons. The van der Waals surface area contributed by atoms with E-state index in [9.17, 15) is 9.59 Å². The Balaban J connectivity index is 1.72. The van der Waals surface area contributed by atoms with Crippen LogP contribution in [0.2, 0.25) is 0 Å². The molecule has 2 heterocycles. The molecule has 1 N–H and O–H groups in total. The lowest BCUT2D eigenvalue weighted by Crippen LogP contribution is -2.57. The summed E-state index contributed by atoms with van der Waals surface area (Å²) in [6.45, 7) is 2.97.